The van der Waals surface area contributed by atoms with Crippen LogP contribution < -0.4 is 0 Å². The number of benzene rings is 1. The molecule has 8 nitrogen and oxygen atoms in total. The second-order valence-electron chi connectivity index (χ2n) is 6.76. The van der Waals surface area contributed by atoms with Gasteiger partial charge in [0.05, 0.1) is 6.61 Å². The molecule has 2 bridgehead atoms. The van der Waals surface area contributed by atoms with Gasteiger partial charge in [-0.25, -0.2) is 4.18 Å². The Morgan fingerprint density at radius 1 is 1.23 bits per heavy atom. The second-order valence-corrected chi connectivity index (χ2v) is 7.85. The van der Waals surface area contributed by atoms with Crippen molar-refractivity contribution < 1.29 is 32.2 Å². The maximum atomic E-state index is 12.7. The third kappa shape index (κ3) is 5.01. The number of piperidine rings is 1. The van der Waals surface area contributed by atoms with Crippen molar-refractivity contribution in [2.45, 2.75) is 49.8 Å². The Bertz CT molecular complexity index is 695. The largest absolute Gasteiger partial charge is 0.462 e. The average molecular weight is 387 g/mol. The van der Waals surface area contributed by atoms with Crippen molar-refractivity contribution in [2.75, 3.05) is 13.7 Å². The van der Waals surface area contributed by atoms with Crippen molar-refractivity contribution in [3.63, 3.8) is 0 Å². The highest BCUT2D eigenvalue weighted by molar-refractivity contribution is 7.80. The molecule has 2 aliphatic heterocycles. The Kier molecular flexibility index (Phi) is 6.75. The van der Waals surface area contributed by atoms with Gasteiger partial charge in [-0.1, -0.05) is 30.3 Å². The van der Waals surface area contributed by atoms with E-state index in [1.807, 2.05) is 0 Å². The van der Waals surface area contributed by atoms with E-state index in [4.69, 9.17) is 9.29 Å². The fraction of sp³-hybridized carbons (Fsp3) is 0.588. The molecule has 4 atom stereocenters. The number of esters is 1. The van der Waals surface area contributed by atoms with E-state index >= 15 is 0 Å². The van der Waals surface area contributed by atoms with Crippen LogP contribution in [0.2, 0.25) is 0 Å². The van der Waals surface area contributed by atoms with E-state index in [0.29, 0.717) is 17.6 Å². The lowest BCUT2D eigenvalue weighted by atomic mass is 9.98. The van der Waals surface area contributed by atoms with Gasteiger partial charge in [0, 0.05) is 12.1 Å². The summed E-state index contributed by atoms with van der Waals surface area (Å²) in [6, 6.07) is 9.57. The highest BCUT2D eigenvalue weighted by Crippen LogP contribution is 2.36. The van der Waals surface area contributed by atoms with Gasteiger partial charge in [0.15, 0.2) is 0 Å². The molecule has 2 unspecified atom stereocenters. The predicted octanol–water partition coefficient (Wildman–Crippen LogP) is 0.933. The summed E-state index contributed by atoms with van der Waals surface area (Å²) in [6.07, 6.45) is 3.64. The molecule has 146 valence electrons. The summed E-state index contributed by atoms with van der Waals surface area (Å²) in [4.78, 5) is 15.0. The SMILES string of the molecule is CN1[C@@H]2CC[C@H]1CC(OC(=O)C(COS(=O)(=O)O)c1ccccc1)C2.O. The summed E-state index contributed by atoms with van der Waals surface area (Å²) in [5, 5.41) is 0. The van der Waals surface area contributed by atoms with E-state index in [2.05, 4.69) is 16.1 Å². The Hall–Kier alpha value is -1.52. The molecule has 0 saturated carbocycles. The minimum atomic E-state index is -4.62. The molecule has 2 saturated heterocycles. The van der Waals surface area contributed by atoms with Gasteiger partial charge in [0.25, 0.3) is 0 Å². The van der Waals surface area contributed by atoms with Gasteiger partial charge in [-0.2, -0.15) is 8.42 Å². The number of ether oxygens (including phenoxy) is 1. The molecule has 3 rings (SSSR count). The number of nitrogens with zero attached hydrogens (tertiary/aromatic N) is 1. The average Bonchev–Trinajstić information content (AvgIpc) is 2.77. The Morgan fingerprint density at radius 2 is 1.81 bits per heavy atom. The lowest BCUT2D eigenvalue weighted by molar-refractivity contribution is -0.155. The van der Waals surface area contributed by atoms with Crippen molar-refractivity contribution in [1.29, 1.82) is 0 Å². The Morgan fingerprint density at radius 3 is 2.35 bits per heavy atom. The van der Waals surface area contributed by atoms with Gasteiger partial charge in [-0.3, -0.25) is 9.35 Å². The van der Waals surface area contributed by atoms with Crippen molar-refractivity contribution in [3.8, 4) is 0 Å². The Balaban J connectivity index is 0.00000243. The molecular weight excluding hydrogens is 362 g/mol. The van der Waals surface area contributed by atoms with Crippen molar-refractivity contribution in [3.05, 3.63) is 35.9 Å². The normalized spacial score (nSPS) is 26.8. The Labute approximate surface area is 153 Å². The van der Waals surface area contributed by atoms with Crippen LogP contribution in [0.1, 0.15) is 37.2 Å². The van der Waals surface area contributed by atoms with Crippen LogP contribution in [0, 0.1) is 0 Å². The van der Waals surface area contributed by atoms with Crippen LogP contribution in [-0.4, -0.2) is 61.2 Å². The number of carbonyl (C=O) groups is 1. The quantitative estimate of drug-likeness (QED) is 0.569. The van der Waals surface area contributed by atoms with E-state index in [9.17, 15) is 13.2 Å². The maximum absolute atomic E-state index is 12.7. The molecule has 9 heteroatoms. The van der Waals surface area contributed by atoms with Crippen LogP contribution in [0.3, 0.4) is 0 Å². The summed E-state index contributed by atoms with van der Waals surface area (Å²) in [5.74, 6) is -1.43. The van der Waals surface area contributed by atoms with Gasteiger partial charge >= 0.3 is 16.4 Å². The first-order valence-corrected chi connectivity index (χ1v) is 9.79. The van der Waals surface area contributed by atoms with Crippen LogP contribution >= 0.6 is 0 Å². The number of fused-ring (bicyclic) bond motifs is 2. The van der Waals surface area contributed by atoms with Crippen LogP contribution in [0.25, 0.3) is 0 Å². The smallest absolute Gasteiger partial charge is 0.397 e. The molecule has 1 aromatic rings. The lowest BCUT2D eigenvalue weighted by Crippen LogP contribution is -2.44. The molecular formula is C17H25NO7S. The molecule has 2 fully saturated rings. The van der Waals surface area contributed by atoms with Gasteiger partial charge in [-0.05, 0) is 38.3 Å². The molecule has 0 aliphatic carbocycles. The first-order valence-electron chi connectivity index (χ1n) is 8.42. The molecule has 26 heavy (non-hydrogen) atoms. The minimum absolute atomic E-state index is 0. The number of hydrogen-bond donors (Lipinski definition) is 1. The first kappa shape index (κ1) is 20.8. The zero-order valence-electron chi connectivity index (χ0n) is 14.6. The van der Waals surface area contributed by atoms with Crippen molar-refractivity contribution >= 4 is 16.4 Å². The van der Waals surface area contributed by atoms with Gasteiger partial charge in [0.1, 0.15) is 12.0 Å². The first-order chi connectivity index (χ1) is 11.8. The van der Waals surface area contributed by atoms with E-state index < -0.39 is 28.9 Å². The van der Waals surface area contributed by atoms with Crippen LogP contribution in [-0.2, 0) is 24.1 Å². The molecule has 0 spiro atoms. The summed E-state index contributed by atoms with van der Waals surface area (Å²) >= 11 is 0. The molecule has 3 N–H and O–H groups in total. The topological polar surface area (TPSA) is 125 Å². The fourth-order valence-corrected chi connectivity index (χ4v) is 4.15. The fourth-order valence-electron chi connectivity index (χ4n) is 3.84. The third-order valence-electron chi connectivity index (χ3n) is 5.21. The van der Waals surface area contributed by atoms with E-state index in [-0.39, 0.29) is 11.6 Å². The van der Waals surface area contributed by atoms with Crippen LogP contribution in [0.5, 0.6) is 0 Å². The molecule has 0 radical (unpaired) electrons. The summed E-state index contributed by atoms with van der Waals surface area (Å²) < 4.78 is 40.7. The zero-order chi connectivity index (χ0) is 18.0. The van der Waals surface area contributed by atoms with E-state index in [1.165, 1.54) is 0 Å². The molecule has 2 heterocycles. The standard InChI is InChI=1S/C17H23NO6S.H2O/c1-18-13-7-8-14(18)10-15(9-13)24-17(19)16(11-23-25(20,21)22)12-5-3-2-4-6-12;/h2-6,13-16H,7-11H2,1H3,(H,20,21,22);1H2/t13-,14+,15?,16?;. The lowest BCUT2D eigenvalue weighted by Gasteiger charge is -2.36. The zero-order valence-corrected chi connectivity index (χ0v) is 15.4. The molecule has 0 amide bonds. The maximum Gasteiger partial charge on any atom is 0.397 e. The summed E-state index contributed by atoms with van der Waals surface area (Å²) in [5.41, 5.74) is 0.590. The van der Waals surface area contributed by atoms with Gasteiger partial charge in [0.2, 0.25) is 0 Å². The predicted molar refractivity (Wildman–Crippen MR) is 94.0 cm³/mol. The summed E-state index contributed by atoms with van der Waals surface area (Å²) in [7, 11) is -2.52. The van der Waals surface area contributed by atoms with Crippen molar-refractivity contribution in [2.24, 2.45) is 0 Å². The monoisotopic (exact) mass is 387 g/mol. The van der Waals surface area contributed by atoms with E-state index in [0.717, 1.165) is 25.7 Å². The number of hydrogen-bond acceptors (Lipinski definition) is 6. The molecule has 2 aliphatic rings. The highest BCUT2D eigenvalue weighted by Gasteiger charge is 2.40. The molecule has 0 aromatic heterocycles. The second kappa shape index (κ2) is 8.45. The summed E-state index contributed by atoms with van der Waals surface area (Å²) in [6.45, 7) is -0.485. The minimum Gasteiger partial charge on any atom is -0.462 e. The highest BCUT2D eigenvalue weighted by atomic mass is 32.3. The van der Waals surface area contributed by atoms with E-state index in [1.54, 1.807) is 30.3 Å². The van der Waals surface area contributed by atoms with Crippen LogP contribution in [0.4, 0.5) is 0 Å². The molecule has 1 aromatic carbocycles. The van der Waals surface area contributed by atoms with Crippen LogP contribution in [0.15, 0.2) is 30.3 Å². The van der Waals surface area contributed by atoms with Gasteiger partial charge in [-0.15, -0.1) is 0 Å². The number of carbonyl (C=O) groups excluding carboxylic acids is 1. The third-order valence-corrected chi connectivity index (χ3v) is 5.64. The van der Waals surface area contributed by atoms with Crippen molar-refractivity contribution in [1.82, 2.24) is 4.90 Å². The number of rotatable bonds is 6. The van der Waals surface area contributed by atoms with Gasteiger partial charge < -0.3 is 15.1 Å².